The minimum atomic E-state index is -1.01. The molecule has 0 radical (unpaired) electrons. The molecule has 2 aromatic rings. The first-order valence-corrected chi connectivity index (χ1v) is 9.15. The Bertz CT molecular complexity index is 826. The van der Waals surface area contributed by atoms with Crippen molar-refractivity contribution >= 4 is 0 Å². The summed E-state index contributed by atoms with van der Waals surface area (Å²) >= 11 is 0. The number of rotatable bonds is 5. The SMILES string of the molecule is CCCC1CCC(COc2ccc3c(c2F)-c2c-3ccc(F)c2F)OC1. The third-order valence-corrected chi connectivity index (χ3v) is 5.33. The molecule has 1 fully saturated rings. The molecule has 5 heteroatoms. The molecule has 26 heavy (non-hydrogen) atoms. The minimum Gasteiger partial charge on any atom is -0.488 e. The first-order chi connectivity index (χ1) is 12.6. The molecular formula is C21H21F3O2. The topological polar surface area (TPSA) is 18.5 Å². The van der Waals surface area contributed by atoms with Crippen LogP contribution in [0.2, 0.25) is 0 Å². The van der Waals surface area contributed by atoms with Gasteiger partial charge in [-0.1, -0.05) is 19.4 Å². The number of benzene rings is 2. The second-order valence-corrected chi connectivity index (χ2v) is 7.08. The van der Waals surface area contributed by atoms with E-state index in [1.54, 1.807) is 12.1 Å². The molecule has 0 aromatic heterocycles. The van der Waals surface area contributed by atoms with Gasteiger partial charge >= 0.3 is 0 Å². The second kappa shape index (κ2) is 6.95. The average Bonchev–Trinajstić information content (AvgIpc) is 2.62. The Labute approximate surface area is 150 Å². The molecule has 138 valence electrons. The lowest BCUT2D eigenvalue weighted by Gasteiger charge is -2.29. The standard InChI is InChI=1S/C21H21F3O2/c1-2-3-12-4-5-13(25-10-12)11-26-17-9-7-15-14-6-8-16(22)20(23)18(14)19(15)21(17)24/h6-9,12-13H,2-5,10-11H2,1H3. The Morgan fingerprint density at radius 1 is 1.00 bits per heavy atom. The smallest absolute Gasteiger partial charge is 0.173 e. The Morgan fingerprint density at radius 2 is 1.73 bits per heavy atom. The lowest BCUT2D eigenvalue weighted by Crippen LogP contribution is -2.30. The highest BCUT2D eigenvalue weighted by Gasteiger charge is 2.33. The minimum absolute atomic E-state index is 0.000672. The summed E-state index contributed by atoms with van der Waals surface area (Å²) in [5.41, 5.74) is 1.21. The van der Waals surface area contributed by atoms with Gasteiger partial charge in [-0.2, -0.15) is 0 Å². The van der Waals surface area contributed by atoms with Gasteiger partial charge in [0.25, 0.3) is 0 Å². The van der Waals surface area contributed by atoms with Gasteiger partial charge in [0.15, 0.2) is 23.2 Å². The van der Waals surface area contributed by atoms with Crippen molar-refractivity contribution in [2.75, 3.05) is 13.2 Å². The molecule has 0 N–H and O–H groups in total. The molecule has 0 amide bonds. The molecule has 1 aliphatic heterocycles. The fourth-order valence-corrected chi connectivity index (χ4v) is 3.90. The van der Waals surface area contributed by atoms with E-state index in [4.69, 9.17) is 9.47 Å². The van der Waals surface area contributed by atoms with E-state index in [9.17, 15) is 13.2 Å². The van der Waals surface area contributed by atoms with E-state index in [2.05, 4.69) is 6.92 Å². The molecule has 2 unspecified atom stereocenters. The van der Waals surface area contributed by atoms with Crippen molar-refractivity contribution < 1.29 is 22.6 Å². The molecular weight excluding hydrogens is 341 g/mol. The Balaban J connectivity index is 1.45. The summed E-state index contributed by atoms with van der Waals surface area (Å²) < 4.78 is 53.6. The van der Waals surface area contributed by atoms with Crippen molar-refractivity contribution in [1.29, 1.82) is 0 Å². The normalized spacial score (nSPS) is 20.9. The number of hydrogen-bond donors (Lipinski definition) is 0. The van der Waals surface area contributed by atoms with Crippen molar-refractivity contribution in [2.24, 2.45) is 5.92 Å². The van der Waals surface area contributed by atoms with Crippen LogP contribution in [0.15, 0.2) is 24.3 Å². The molecule has 2 atom stereocenters. The first-order valence-electron chi connectivity index (χ1n) is 9.15. The fraction of sp³-hybridized carbons (Fsp3) is 0.429. The summed E-state index contributed by atoms with van der Waals surface area (Å²) in [4.78, 5) is 0. The highest BCUT2D eigenvalue weighted by molar-refractivity contribution is 6.03. The van der Waals surface area contributed by atoms with Gasteiger partial charge in [0.2, 0.25) is 0 Å². The van der Waals surface area contributed by atoms with Crippen LogP contribution >= 0.6 is 0 Å². The Morgan fingerprint density at radius 3 is 2.42 bits per heavy atom. The lowest BCUT2D eigenvalue weighted by atomic mass is 9.79. The Kier molecular flexibility index (Phi) is 4.65. The fourth-order valence-electron chi connectivity index (χ4n) is 3.90. The largest absolute Gasteiger partial charge is 0.488 e. The van der Waals surface area contributed by atoms with Crippen LogP contribution in [-0.4, -0.2) is 19.3 Å². The summed E-state index contributed by atoms with van der Waals surface area (Å²) in [6.45, 7) is 3.13. The van der Waals surface area contributed by atoms with Crippen molar-refractivity contribution in [1.82, 2.24) is 0 Å². The van der Waals surface area contributed by atoms with Crippen LogP contribution in [0.1, 0.15) is 32.6 Å². The summed E-state index contributed by atoms with van der Waals surface area (Å²) in [5, 5.41) is 0. The van der Waals surface area contributed by atoms with Crippen LogP contribution in [-0.2, 0) is 4.74 Å². The van der Waals surface area contributed by atoms with E-state index < -0.39 is 17.5 Å². The van der Waals surface area contributed by atoms with Crippen molar-refractivity contribution in [3.8, 4) is 28.0 Å². The van der Waals surface area contributed by atoms with Crippen LogP contribution < -0.4 is 4.74 Å². The first kappa shape index (κ1) is 17.4. The molecule has 4 rings (SSSR count). The number of hydrogen-bond acceptors (Lipinski definition) is 2. The third-order valence-electron chi connectivity index (χ3n) is 5.33. The predicted octanol–water partition coefficient (Wildman–Crippen LogP) is 5.73. The monoisotopic (exact) mass is 362 g/mol. The van der Waals surface area contributed by atoms with Gasteiger partial charge in [-0.3, -0.25) is 0 Å². The maximum absolute atomic E-state index is 14.8. The van der Waals surface area contributed by atoms with Crippen LogP contribution in [0.3, 0.4) is 0 Å². The predicted molar refractivity (Wildman–Crippen MR) is 93.6 cm³/mol. The maximum atomic E-state index is 14.8. The van der Waals surface area contributed by atoms with Crippen LogP contribution in [0.5, 0.6) is 5.75 Å². The second-order valence-electron chi connectivity index (χ2n) is 7.08. The van der Waals surface area contributed by atoms with Gasteiger partial charge in [0.05, 0.1) is 6.10 Å². The van der Waals surface area contributed by atoms with E-state index in [0.717, 1.165) is 31.7 Å². The molecule has 2 aromatic carbocycles. The van der Waals surface area contributed by atoms with E-state index in [-0.39, 0.29) is 29.6 Å². The summed E-state index contributed by atoms with van der Waals surface area (Å²) in [5.74, 6) is -1.98. The number of fused-ring (bicyclic) bond motifs is 4. The van der Waals surface area contributed by atoms with Gasteiger partial charge in [-0.05, 0) is 54.5 Å². The third kappa shape index (κ3) is 2.88. The molecule has 1 saturated heterocycles. The van der Waals surface area contributed by atoms with Gasteiger partial charge in [0.1, 0.15) is 6.61 Å². The zero-order chi connectivity index (χ0) is 18.3. The van der Waals surface area contributed by atoms with E-state index in [0.29, 0.717) is 23.7 Å². The lowest BCUT2D eigenvalue weighted by molar-refractivity contribution is -0.0395. The molecule has 2 aliphatic rings. The quantitative estimate of drug-likeness (QED) is 0.577. The summed E-state index contributed by atoms with van der Waals surface area (Å²) in [7, 11) is 0. The highest BCUT2D eigenvalue weighted by atomic mass is 19.2. The van der Waals surface area contributed by atoms with E-state index in [1.807, 2.05) is 0 Å². The van der Waals surface area contributed by atoms with Crippen molar-refractivity contribution in [2.45, 2.75) is 38.7 Å². The zero-order valence-corrected chi connectivity index (χ0v) is 14.7. The van der Waals surface area contributed by atoms with Gasteiger partial charge in [0, 0.05) is 17.7 Å². The zero-order valence-electron chi connectivity index (χ0n) is 14.7. The molecule has 0 saturated carbocycles. The molecule has 0 bridgehead atoms. The van der Waals surface area contributed by atoms with Crippen LogP contribution in [0.4, 0.5) is 13.2 Å². The van der Waals surface area contributed by atoms with Gasteiger partial charge in [-0.15, -0.1) is 0 Å². The molecule has 1 heterocycles. The average molecular weight is 362 g/mol. The number of ether oxygens (including phenoxy) is 2. The maximum Gasteiger partial charge on any atom is 0.173 e. The van der Waals surface area contributed by atoms with E-state index in [1.165, 1.54) is 6.07 Å². The molecule has 1 aliphatic carbocycles. The summed E-state index contributed by atoms with van der Waals surface area (Å²) in [6.07, 6.45) is 4.23. The van der Waals surface area contributed by atoms with Gasteiger partial charge < -0.3 is 9.47 Å². The van der Waals surface area contributed by atoms with Crippen LogP contribution in [0, 0.1) is 23.4 Å². The van der Waals surface area contributed by atoms with E-state index >= 15 is 0 Å². The number of halogens is 3. The van der Waals surface area contributed by atoms with Gasteiger partial charge in [-0.25, -0.2) is 13.2 Å². The van der Waals surface area contributed by atoms with Crippen LogP contribution in [0.25, 0.3) is 22.3 Å². The van der Waals surface area contributed by atoms with Crippen molar-refractivity contribution in [3.63, 3.8) is 0 Å². The van der Waals surface area contributed by atoms with Crippen molar-refractivity contribution in [3.05, 3.63) is 41.7 Å². The highest BCUT2D eigenvalue weighted by Crippen LogP contribution is 2.51. The molecule has 0 spiro atoms. The molecule has 2 nitrogen and oxygen atoms in total. The Hall–Kier alpha value is -2.01. The summed E-state index contributed by atoms with van der Waals surface area (Å²) in [6, 6.07) is 5.76.